The lowest BCUT2D eigenvalue weighted by molar-refractivity contribution is -0.171. The first kappa shape index (κ1) is 30.1. The number of ether oxygens (including phenoxy) is 2. The van der Waals surface area contributed by atoms with Gasteiger partial charge in [0.25, 0.3) is 0 Å². The Balaban J connectivity index is 3.75. The van der Waals surface area contributed by atoms with E-state index in [4.69, 9.17) is 9.47 Å². The molecular formula is C26H46O6. The molecule has 32 heavy (non-hydrogen) atoms. The number of hydrogen-bond donors (Lipinski definition) is 1. The lowest BCUT2D eigenvalue weighted by atomic mass is 10.1. The van der Waals surface area contributed by atoms with E-state index in [0.717, 1.165) is 32.1 Å². The third-order valence-electron chi connectivity index (χ3n) is 4.96. The molecule has 0 spiro atoms. The minimum Gasteiger partial charge on any atom is -0.478 e. The van der Waals surface area contributed by atoms with Crippen LogP contribution in [0.3, 0.4) is 0 Å². The van der Waals surface area contributed by atoms with Crippen LogP contribution in [0.4, 0.5) is 0 Å². The van der Waals surface area contributed by atoms with E-state index in [1.54, 1.807) is 20.8 Å². The van der Waals surface area contributed by atoms with Crippen LogP contribution in [-0.4, -0.2) is 34.7 Å². The van der Waals surface area contributed by atoms with Gasteiger partial charge >= 0.3 is 17.9 Å². The fourth-order valence-corrected chi connectivity index (χ4v) is 3.27. The Hall–Kier alpha value is -1.85. The summed E-state index contributed by atoms with van der Waals surface area (Å²) >= 11 is 0. The summed E-state index contributed by atoms with van der Waals surface area (Å²) in [4.78, 5) is 35.0. The molecule has 1 atom stereocenters. The minimum absolute atomic E-state index is 0.163. The minimum atomic E-state index is -1.50. The zero-order valence-corrected chi connectivity index (χ0v) is 20.8. The molecule has 0 saturated carbocycles. The second-order valence-electron chi connectivity index (χ2n) is 9.44. The summed E-state index contributed by atoms with van der Waals surface area (Å²) in [7, 11) is 0. The van der Waals surface area contributed by atoms with Gasteiger partial charge in [-0.15, -0.1) is 0 Å². The highest BCUT2D eigenvalue weighted by Gasteiger charge is 2.28. The van der Waals surface area contributed by atoms with Gasteiger partial charge in [0, 0.05) is 6.42 Å². The molecule has 0 heterocycles. The molecule has 0 aliphatic rings. The first-order valence-electron chi connectivity index (χ1n) is 12.4. The Morgan fingerprint density at radius 2 is 1.28 bits per heavy atom. The van der Waals surface area contributed by atoms with Crippen LogP contribution in [0.25, 0.3) is 0 Å². The molecule has 0 radical (unpaired) electrons. The maximum Gasteiger partial charge on any atom is 0.345 e. The van der Waals surface area contributed by atoms with Crippen LogP contribution in [0.15, 0.2) is 12.2 Å². The molecule has 1 unspecified atom stereocenters. The maximum absolute atomic E-state index is 11.9. The van der Waals surface area contributed by atoms with Gasteiger partial charge < -0.3 is 14.6 Å². The van der Waals surface area contributed by atoms with Crippen LogP contribution in [-0.2, 0) is 23.9 Å². The van der Waals surface area contributed by atoms with E-state index in [9.17, 15) is 19.5 Å². The van der Waals surface area contributed by atoms with Gasteiger partial charge in [-0.2, -0.15) is 0 Å². The summed E-state index contributed by atoms with van der Waals surface area (Å²) in [5, 5.41) is 9.18. The first-order valence-corrected chi connectivity index (χ1v) is 12.4. The maximum atomic E-state index is 11.9. The van der Waals surface area contributed by atoms with Crippen LogP contribution < -0.4 is 0 Å². The van der Waals surface area contributed by atoms with Crippen LogP contribution in [0, 0.1) is 0 Å². The van der Waals surface area contributed by atoms with E-state index >= 15 is 0 Å². The van der Waals surface area contributed by atoms with Crippen molar-refractivity contribution in [2.75, 3.05) is 0 Å². The highest BCUT2D eigenvalue weighted by Crippen LogP contribution is 2.13. The number of unbranched alkanes of at least 4 members (excludes halogenated alkanes) is 11. The van der Waals surface area contributed by atoms with E-state index in [1.165, 1.54) is 44.9 Å². The van der Waals surface area contributed by atoms with E-state index in [1.807, 2.05) is 0 Å². The lowest BCUT2D eigenvalue weighted by Crippen LogP contribution is -2.33. The molecular weight excluding hydrogens is 408 g/mol. The largest absolute Gasteiger partial charge is 0.478 e. The van der Waals surface area contributed by atoms with Gasteiger partial charge in [-0.1, -0.05) is 70.4 Å². The van der Waals surface area contributed by atoms with Crippen molar-refractivity contribution in [2.45, 2.75) is 136 Å². The number of carbonyl (C=O) groups is 3. The predicted molar refractivity (Wildman–Crippen MR) is 127 cm³/mol. The van der Waals surface area contributed by atoms with Crippen molar-refractivity contribution in [3.05, 3.63) is 12.2 Å². The lowest BCUT2D eigenvalue weighted by Gasteiger charge is -2.21. The highest BCUT2D eigenvalue weighted by molar-refractivity contribution is 5.83. The molecule has 0 saturated heterocycles. The van der Waals surface area contributed by atoms with Crippen LogP contribution in [0.2, 0.25) is 0 Å². The number of rotatable bonds is 19. The number of aliphatic carboxylic acids is 1. The molecule has 1 N–H and O–H groups in total. The molecule has 0 amide bonds. The Labute approximate surface area is 195 Å². The standard InChI is InChI=1S/C26H46O6/c1-5-6-7-8-9-10-11-12-13-14-15-16-17-18-19-20-23(27)31-22(25(29)30)21-24(28)32-26(2,3)4/h12-13,22H,5-11,14-21H2,1-4H3,(H,29,30)/b13-12-. The second-order valence-corrected chi connectivity index (χ2v) is 9.44. The molecule has 186 valence electrons. The van der Waals surface area contributed by atoms with Crippen molar-refractivity contribution in [3.63, 3.8) is 0 Å². The molecule has 0 aliphatic carbocycles. The summed E-state index contributed by atoms with van der Waals surface area (Å²) < 4.78 is 10.1. The van der Waals surface area contributed by atoms with Gasteiger partial charge in [0.1, 0.15) is 5.60 Å². The van der Waals surface area contributed by atoms with Crippen molar-refractivity contribution >= 4 is 17.9 Å². The van der Waals surface area contributed by atoms with Gasteiger partial charge in [0.2, 0.25) is 6.10 Å². The van der Waals surface area contributed by atoms with E-state index < -0.39 is 36.0 Å². The smallest absolute Gasteiger partial charge is 0.345 e. The number of carboxylic acids is 1. The summed E-state index contributed by atoms with van der Waals surface area (Å²) in [6.45, 7) is 7.32. The zero-order valence-electron chi connectivity index (χ0n) is 20.8. The van der Waals surface area contributed by atoms with Gasteiger partial charge in [-0.05, 0) is 52.9 Å². The van der Waals surface area contributed by atoms with Crippen molar-refractivity contribution in [2.24, 2.45) is 0 Å². The molecule has 0 aromatic heterocycles. The Kier molecular flexibility index (Phi) is 17.6. The normalized spacial score (nSPS) is 12.6. The fraction of sp³-hybridized carbons (Fsp3) is 0.808. The van der Waals surface area contributed by atoms with E-state index in [0.29, 0.717) is 6.42 Å². The van der Waals surface area contributed by atoms with Gasteiger partial charge in [-0.3, -0.25) is 9.59 Å². The summed E-state index contributed by atoms with van der Waals surface area (Å²) in [5.41, 5.74) is -0.714. The predicted octanol–water partition coefficient (Wildman–Crippen LogP) is 6.75. The molecule has 0 rings (SSSR count). The van der Waals surface area contributed by atoms with Crippen molar-refractivity contribution in [3.8, 4) is 0 Å². The summed E-state index contributed by atoms with van der Waals surface area (Å²) in [6.07, 6.45) is 17.9. The van der Waals surface area contributed by atoms with Crippen LogP contribution >= 0.6 is 0 Å². The van der Waals surface area contributed by atoms with Gasteiger partial charge in [0.05, 0.1) is 6.42 Å². The molecule has 6 nitrogen and oxygen atoms in total. The molecule has 6 heteroatoms. The monoisotopic (exact) mass is 454 g/mol. The first-order chi connectivity index (χ1) is 15.2. The summed E-state index contributed by atoms with van der Waals surface area (Å²) in [5.74, 6) is -2.62. The topological polar surface area (TPSA) is 89.9 Å². The van der Waals surface area contributed by atoms with Gasteiger partial charge in [-0.25, -0.2) is 4.79 Å². The third-order valence-corrected chi connectivity index (χ3v) is 4.96. The van der Waals surface area contributed by atoms with Gasteiger partial charge in [0.15, 0.2) is 0 Å². The second kappa shape index (κ2) is 18.7. The summed E-state index contributed by atoms with van der Waals surface area (Å²) in [6, 6.07) is 0. The quantitative estimate of drug-likeness (QED) is 0.132. The molecule has 0 fully saturated rings. The number of allylic oxidation sites excluding steroid dienone is 2. The SMILES string of the molecule is CCCCCCCC/C=C\CCCCCCCC(=O)OC(CC(=O)OC(C)(C)C)C(=O)O. The third kappa shape index (κ3) is 20.1. The Bertz CT molecular complexity index is 547. The molecule has 0 aromatic rings. The molecule has 0 aromatic carbocycles. The zero-order chi connectivity index (χ0) is 24.2. The van der Waals surface area contributed by atoms with E-state index in [-0.39, 0.29) is 6.42 Å². The molecule has 0 aliphatic heterocycles. The van der Waals surface area contributed by atoms with Crippen LogP contribution in [0.1, 0.15) is 124 Å². The Morgan fingerprint density at radius 3 is 1.78 bits per heavy atom. The number of esters is 2. The Morgan fingerprint density at radius 1 is 0.781 bits per heavy atom. The van der Waals surface area contributed by atoms with Crippen LogP contribution in [0.5, 0.6) is 0 Å². The van der Waals surface area contributed by atoms with Crippen molar-refractivity contribution in [1.82, 2.24) is 0 Å². The molecule has 0 bridgehead atoms. The average Bonchev–Trinajstić information content (AvgIpc) is 2.69. The van der Waals surface area contributed by atoms with E-state index in [2.05, 4.69) is 19.1 Å². The number of carboxylic acid groups (broad SMARTS) is 1. The van der Waals surface area contributed by atoms with Crippen molar-refractivity contribution < 1.29 is 29.0 Å². The average molecular weight is 455 g/mol. The fourth-order valence-electron chi connectivity index (χ4n) is 3.27. The van der Waals surface area contributed by atoms with Crippen molar-refractivity contribution in [1.29, 1.82) is 0 Å². The highest BCUT2D eigenvalue weighted by atomic mass is 16.6. The number of carbonyl (C=O) groups excluding carboxylic acids is 2. The number of hydrogen-bond acceptors (Lipinski definition) is 5.